The Hall–Kier alpha value is -3.25. The standard InChI is InChI=1S/C21H19F5O7/c1-4-30-21(31-5-2)12-8-10(6-7-11(12)20(28)29-3)32-9-13(27)33-19-17(25)15(23)14(22)16(24)18(19)26/h6-8,21H,4-5,9H2,1-3H3/i20+1. The summed E-state index contributed by atoms with van der Waals surface area (Å²) in [5.41, 5.74) is 0.289. The molecule has 0 fully saturated rings. The molecule has 180 valence electrons. The number of halogens is 5. The van der Waals surface area contributed by atoms with Gasteiger partial charge in [-0.05, 0) is 32.0 Å². The number of hydrogen-bond acceptors (Lipinski definition) is 7. The summed E-state index contributed by atoms with van der Waals surface area (Å²) in [6.45, 7) is 2.87. The van der Waals surface area contributed by atoms with Crippen molar-refractivity contribution in [2.75, 3.05) is 26.9 Å². The van der Waals surface area contributed by atoms with Crippen molar-refractivity contribution in [3.63, 3.8) is 0 Å². The Morgan fingerprint density at radius 2 is 1.42 bits per heavy atom. The van der Waals surface area contributed by atoms with E-state index in [1.807, 2.05) is 0 Å². The van der Waals surface area contributed by atoms with E-state index in [2.05, 4.69) is 4.74 Å². The quantitative estimate of drug-likeness (QED) is 0.0960. The molecule has 0 atom stereocenters. The minimum Gasteiger partial charge on any atom is -0.482 e. The van der Waals surface area contributed by atoms with E-state index in [0.29, 0.717) is 0 Å². The van der Waals surface area contributed by atoms with Crippen LogP contribution in [0.1, 0.15) is 36.1 Å². The molecule has 33 heavy (non-hydrogen) atoms. The summed E-state index contributed by atoms with van der Waals surface area (Å²) in [4.78, 5) is 24.0. The normalized spacial score (nSPS) is 10.9. The average molecular weight is 479 g/mol. The molecule has 12 heteroatoms. The fraction of sp³-hybridized carbons (Fsp3) is 0.333. The Balaban J connectivity index is 2.24. The lowest BCUT2D eigenvalue weighted by Crippen LogP contribution is -2.20. The Labute approximate surface area is 184 Å². The summed E-state index contributed by atoms with van der Waals surface area (Å²) >= 11 is 0. The molecular weight excluding hydrogens is 460 g/mol. The van der Waals surface area contributed by atoms with Gasteiger partial charge in [-0.15, -0.1) is 0 Å². The first-order valence-corrected chi connectivity index (χ1v) is 9.46. The lowest BCUT2D eigenvalue weighted by atomic mass is 10.1. The molecule has 2 aromatic rings. The Kier molecular flexibility index (Phi) is 9.12. The zero-order valence-electron chi connectivity index (χ0n) is 17.7. The van der Waals surface area contributed by atoms with Gasteiger partial charge in [0, 0.05) is 18.8 Å². The minimum atomic E-state index is -2.39. The van der Waals surface area contributed by atoms with Crippen molar-refractivity contribution < 1.29 is 55.2 Å². The highest BCUT2D eigenvalue weighted by Crippen LogP contribution is 2.30. The summed E-state index contributed by atoms with van der Waals surface area (Å²) in [5, 5.41) is 0. The lowest BCUT2D eigenvalue weighted by molar-refractivity contribution is -0.140. The fourth-order valence-corrected chi connectivity index (χ4v) is 2.61. The molecule has 0 unspecified atom stereocenters. The van der Waals surface area contributed by atoms with Crippen LogP contribution in [0.25, 0.3) is 0 Å². The zero-order valence-corrected chi connectivity index (χ0v) is 17.7. The predicted octanol–water partition coefficient (Wildman–Crippen LogP) is 4.22. The highest BCUT2D eigenvalue weighted by Gasteiger charge is 2.29. The Morgan fingerprint density at radius 3 is 1.94 bits per heavy atom. The van der Waals surface area contributed by atoms with E-state index in [0.717, 1.165) is 0 Å². The van der Waals surface area contributed by atoms with E-state index in [1.54, 1.807) is 13.8 Å². The summed E-state index contributed by atoms with van der Waals surface area (Å²) in [6, 6.07) is 3.88. The minimum absolute atomic E-state index is 0.0172. The van der Waals surface area contributed by atoms with Gasteiger partial charge in [0.25, 0.3) is 0 Å². The van der Waals surface area contributed by atoms with Crippen LogP contribution in [-0.2, 0) is 19.0 Å². The first-order valence-electron chi connectivity index (χ1n) is 9.46. The first-order chi connectivity index (χ1) is 15.7. The van der Waals surface area contributed by atoms with E-state index in [1.165, 1.54) is 25.3 Å². The van der Waals surface area contributed by atoms with Crippen LogP contribution in [0.5, 0.6) is 11.5 Å². The number of methoxy groups -OCH3 is 1. The summed E-state index contributed by atoms with van der Waals surface area (Å²) < 4.78 is 91.9. The molecule has 0 N–H and O–H groups in total. The largest absolute Gasteiger partial charge is 0.482 e. The van der Waals surface area contributed by atoms with Crippen molar-refractivity contribution in [2.24, 2.45) is 0 Å². The molecule has 2 aromatic carbocycles. The molecule has 0 amide bonds. The molecule has 2 rings (SSSR count). The van der Waals surface area contributed by atoms with Crippen LogP contribution in [0.3, 0.4) is 0 Å². The molecule has 0 spiro atoms. The maximum atomic E-state index is 13.7. The Morgan fingerprint density at radius 1 is 0.879 bits per heavy atom. The number of benzene rings is 2. The second-order valence-electron chi connectivity index (χ2n) is 6.15. The van der Waals surface area contributed by atoms with Crippen molar-refractivity contribution in [2.45, 2.75) is 20.1 Å². The first kappa shape index (κ1) is 26.0. The second kappa shape index (κ2) is 11.6. The number of ether oxygens (including phenoxy) is 5. The van der Waals surface area contributed by atoms with Crippen LogP contribution in [0.4, 0.5) is 22.0 Å². The summed E-state index contributed by atoms with van der Waals surface area (Å²) in [5.74, 6) is -15.5. The van der Waals surface area contributed by atoms with Crippen molar-refractivity contribution in [3.8, 4) is 11.5 Å². The molecule has 7 nitrogen and oxygen atoms in total. The Bertz CT molecular complexity index is 994. The number of rotatable bonds is 10. The maximum Gasteiger partial charge on any atom is 0.349 e. The van der Waals surface area contributed by atoms with Gasteiger partial charge in [0.1, 0.15) is 5.75 Å². The second-order valence-corrected chi connectivity index (χ2v) is 6.15. The van der Waals surface area contributed by atoms with E-state index in [9.17, 15) is 31.5 Å². The zero-order chi connectivity index (χ0) is 24.7. The van der Waals surface area contributed by atoms with Gasteiger partial charge in [-0.2, -0.15) is 8.78 Å². The molecule has 0 saturated heterocycles. The smallest absolute Gasteiger partial charge is 0.349 e. The third-order valence-electron chi connectivity index (χ3n) is 4.06. The SMILES string of the molecule is CCOC(OCC)c1cc(OCC(=O)Oc2c(F)c(F)c(F)c(F)c2F)ccc1[13C](=O)OC. The van der Waals surface area contributed by atoms with Gasteiger partial charge in [0.05, 0.1) is 12.7 Å². The average Bonchev–Trinajstić information content (AvgIpc) is 2.82. The third-order valence-corrected chi connectivity index (χ3v) is 4.06. The maximum absolute atomic E-state index is 13.7. The van der Waals surface area contributed by atoms with Crippen LogP contribution < -0.4 is 9.47 Å². The van der Waals surface area contributed by atoms with E-state index >= 15 is 0 Å². The van der Waals surface area contributed by atoms with Crippen molar-refractivity contribution in [1.29, 1.82) is 0 Å². The summed E-state index contributed by atoms with van der Waals surface area (Å²) in [7, 11) is 1.17. The van der Waals surface area contributed by atoms with Gasteiger partial charge in [-0.3, -0.25) is 0 Å². The highest BCUT2D eigenvalue weighted by atomic mass is 19.2. The molecule has 0 aliphatic carbocycles. The van der Waals surface area contributed by atoms with Gasteiger partial charge in [0.2, 0.25) is 34.8 Å². The number of esters is 2. The molecule has 0 aliphatic rings. The van der Waals surface area contributed by atoms with Crippen molar-refractivity contribution in [3.05, 3.63) is 58.4 Å². The number of carbonyl (C=O) groups excluding carboxylic acids is 2. The van der Waals surface area contributed by atoms with Gasteiger partial charge in [-0.1, -0.05) is 0 Å². The van der Waals surface area contributed by atoms with Crippen molar-refractivity contribution in [1.82, 2.24) is 0 Å². The highest BCUT2D eigenvalue weighted by molar-refractivity contribution is 5.91. The van der Waals surface area contributed by atoms with Crippen LogP contribution >= 0.6 is 0 Å². The van der Waals surface area contributed by atoms with Gasteiger partial charge >= 0.3 is 11.9 Å². The predicted molar refractivity (Wildman–Crippen MR) is 101 cm³/mol. The molecule has 0 saturated carbocycles. The lowest BCUT2D eigenvalue weighted by Gasteiger charge is -2.20. The van der Waals surface area contributed by atoms with Crippen LogP contribution in [0.15, 0.2) is 18.2 Å². The summed E-state index contributed by atoms with van der Waals surface area (Å²) in [6.07, 6.45) is -0.988. The third kappa shape index (κ3) is 5.96. The van der Waals surface area contributed by atoms with E-state index in [-0.39, 0.29) is 30.1 Å². The number of carbonyl (C=O) groups is 2. The van der Waals surface area contributed by atoms with Crippen LogP contribution in [0.2, 0.25) is 0 Å². The number of hydrogen-bond donors (Lipinski definition) is 0. The van der Waals surface area contributed by atoms with Gasteiger partial charge in [0.15, 0.2) is 12.9 Å². The molecule has 0 aliphatic heterocycles. The molecule has 0 aromatic heterocycles. The van der Waals surface area contributed by atoms with Crippen LogP contribution in [0, 0.1) is 29.1 Å². The van der Waals surface area contributed by atoms with Crippen LogP contribution in [-0.4, -0.2) is 38.9 Å². The monoisotopic (exact) mass is 479 g/mol. The molecule has 0 bridgehead atoms. The van der Waals surface area contributed by atoms with E-state index in [4.69, 9.17) is 18.9 Å². The van der Waals surface area contributed by atoms with Gasteiger partial charge in [-0.25, -0.2) is 22.8 Å². The topological polar surface area (TPSA) is 80.3 Å². The van der Waals surface area contributed by atoms with Crippen molar-refractivity contribution >= 4 is 11.9 Å². The molecule has 0 heterocycles. The molecule has 0 radical (unpaired) electrons. The fourth-order valence-electron chi connectivity index (χ4n) is 2.61. The molecular formula is C21H19F5O7. The van der Waals surface area contributed by atoms with E-state index < -0.39 is 59.7 Å². The van der Waals surface area contributed by atoms with Gasteiger partial charge < -0.3 is 23.7 Å².